The second-order valence-electron chi connectivity index (χ2n) is 1.15. The summed E-state index contributed by atoms with van der Waals surface area (Å²) in [5, 5.41) is 3.27. The Kier molecular flexibility index (Phi) is 2.21. The van der Waals surface area contributed by atoms with Gasteiger partial charge in [-0.1, -0.05) is 0 Å². The van der Waals surface area contributed by atoms with Gasteiger partial charge in [-0.25, -0.2) is 0 Å². The van der Waals surface area contributed by atoms with Gasteiger partial charge >= 0.3 is 48.0 Å². The average molecular weight is 199 g/mol. The van der Waals surface area contributed by atoms with Crippen LogP contribution in [0.25, 0.3) is 0 Å². The average Bonchev–Trinajstić information content (AvgIpc) is 1.72. The molecule has 2 N–H and O–H groups in total. The first-order valence-electron chi connectivity index (χ1n) is 2.02. The number of alkyl halides is 1. The molecule has 2 nitrogen and oxygen atoms in total. The summed E-state index contributed by atoms with van der Waals surface area (Å²) in [6, 6.07) is 0. The van der Waals surface area contributed by atoms with E-state index in [2.05, 4.69) is 8.85 Å². The van der Waals surface area contributed by atoms with Crippen molar-refractivity contribution in [2.45, 2.75) is 0 Å². The van der Waals surface area contributed by atoms with Crippen LogP contribution in [-0.2, 0) is 0 Å². The zero-order valence-corrected chi connectivity index (χ0v) is 5.66. The molecule has 3 heteroatoms. The second-order valence-corrected chi connectivity index (χ2v) is 3.44. The van der Waals surface area contributed by atoms with Crippen LogP contribution < -0.4 is 30.3 Å². The van der Waals surface area contributed by atoms with Crippen LogP contribution in [0, 0.1) is 0 Å². The van der Waals surface area contributed by atoms with Crippen LogP contribution in [0.1, 0.15) is 0 Å². The zero-order valence-electron chi connectivity index (χ0n) is 3.50. The summed E-state index contributed by atoms with van der Waals surface area (Å²) >= 11 is 0.354. The second kappa shape index (κ2) is 2.76. The number of hydrogen-bond acceptors (Lipinski definition) is 2. The summed E-state index contributed by atoms with van der Waals surface area (Å²) in [7, 11) is 0. The molecule has 0 bridgehead atoms. The van der Waals surface area contributed by atoms with Gasteiger partial charge < -0.3 is 0 Å². The van der Waals surface area contributed by atoms with Crippen molar-refractivity contribution in [1.29, 1.82) is 0 Å². The molecule has 0 atom stereocenters. The van der Waals surface area contributed by atoms with Crippen molar-refractivity contribution < 1.29 is 21.5 Å². The molecule has 1 rings (SSSR count). The van der Waals surface area contributed by atoms with E-state index in [0.717, 1.165) is 0 Å². The topological polar surface area (TPSA) is 24.1 Å². The molecule has 0 radical (unpaired) electrons. The van der Waals surface area contributed by atoms with Gasteiger partial charge in [0.25, 0.3) is 0 Å². The van der Waals surface area contributed by atoms with E-state index in [1.54, 1.807) is 0 Å². The fourth-order valence-electron chi connectivity index (χ4n) is 0.364. The molecule has 38 valence electrons. The molecule has 1 heterocycles. The Morgan fingerprint density at radius 3 is 2.50 bits per heavy atom. The molecular formula is C3H8IN2-. The van der Waals surface area contributed by atoms with Crippen LogP contribution in [0.5, 0.6) is 0 Å². The molecule has 0 aromatic carbocycles. The van der Waals surface area contributed by atoms with Gasteiger partial charge in [0.2, 0.25) is 0 Å². The van der Waals surface area contributed by atoms with Crippen LogP contribution in [0.2, 0.25) is 0 Å². The molecule has 0 spiro atoms. The molecule has 1 saturated heterocycles. The Labute approximate surface area is 48.3 Å². The molecule has 0 aromatic rings. The van der Waals surface area contributed by atoms with Gasteiger partial charge in [0.15, 0.2) is 0 Å². The van der Waals surface area contributed by atoms with Crippen LogP contribution >= 0.6 is 0 Å². The van der Waals surface area contributed by atoms with E-state index in [9.17, 15) is 0 Å². The summed E-state index contributed by atoms with van der Waals surface area (Å²) < 4.78 is 4.58. The molecular weight excluding hydrogens is 191 g/mol. The Morgan fingerprint density at radius 1 is 1.33 bits per heavy atom. The van der Waals surface area contributed by atoms with Crippen LogP contribution in [0.4, 0.5) is 0 Å². The molecule has 0 aliphatic carbocycles. The van der Waals surface area contributed by atoms with Gasteiger partial charge in [0.1, 0.15) is 0 Å². The summed E-state index contributed by atoms with van der Waals surface area (Å²) in [6.45, 7) is 2.35. The van der Waals surface area contributed by atoms with E-state index in [4.69, 9.17) is 0 Å². The first kappa shape index (κ1) is 4.80. The van der Waals surface area contributed by atoms with E-state index in [1.165, 1.54) is 17.6 Å². The normalized spacial score (nSPS) is 25.3. The predicted molar refractivity (Wildman–Crippen MR) is 20.9 cm³/mol. The van der Waals surface area contributed by atoms with Gasteiger partial charge in [-0.05, 0) is 0 Å². The number of nitrogens with one attached hydrogen (secondary N) is 2. The summed E-state index contributed by atoms with van der Waals surface area (Å²) in [5.74, 6) is 0. The van der Waals surface area contributed by atoms with Gasteiger partial charge in [0.05, 0.1) is 0 Å². The van der Waals surface area contributed by atoms with E-state index in [0.29, 0.717) is 21.5 Å². The van der Waals surface area contributed by atoms with Crippen molar-refractivity contribution in [2.24, 2.45) is 0 Å². The number of halogens is 1. The fourth-order valence-corrected chi connectivity index (χ4v) is 1.94. The van der Waals surface area contributed by atoms with Crippen LogP contribution in [0.15, 0.2) is 0 Å². The third kappa shape index (κ3) is 1.40. The molecule has 1 aliphatic heterocycles. The molecule has 0 amide bonds. The van der Waals surface area contributed by atoms with Crippen LogP contribution in [-0.4, -0.2) is 17.6 Å². The van der Waals surface area contributed by atoms with Gasteiger partial charge in [-0.3, -0.25) is 0 Å². The van der Waals surface area contributed by atoms with Crippen molar-refractivity contribution in [3.63, 3.8) is 0 Å². The van der Waals surface area contributed by atoms with Gasteiger partial charge in [-0.15, -0.1) is 0 Å². The molecule has 0 aromatic heterocycles. The van der Waals surface area contributed by atoms with Crippen molar-refractivity contribution in [3.05, 3.63) is 0 Å². The third-order valence-electron chi connectivity index (χ3n) is 0.652. The molecule has 0 unspecified atom stereocenters. The van der Waals surface area contributed by atoms with Crippen molar-refractivity contribution in [1.82, 2.24) is 8.85 Å². The van der Waals surface area contributed by atoms with Crippen molar-refractivity contribution in [3.8, 4) is 0 Å². The molecule has 0 saturated carbocycles. The summed E-state index contributed by atoms with van der Waals surface area (Å²) in [4.78, 5) is 0. The minimum absolute atomic E-state index is 0.354. The van der Waals surface area contributed by atoms with Gasteiger partial charge in [-0.2, -0.15) is 0 Å². The molecule has 1 fully saturated rings. The molecule has 1 aliphatic rings. The fraction of sp³-hybridized carbons (Fsp3) is 1.00. The van der Waals surface area contributed by atoms with Crippen molar-refractivity contribution >= 4 is 0 Å². The van der Waals surface area contributed by atoms with E-state index < -0.39 is 0 Å². The first-order chi connectivity index (χ1) is 3.00. The Balaban J connectivity index is 2.00. The Hall–Kier alpha value is 0.650. The van der Waals surface area contributed by atoms with E-state index in [-0.39, 0.29) is 0 Å². The first-order valence-corrected chi connectivity index (χ1v) is 4.62. The third-order valence-corrected chi connectivity index (χ3v) is 2.65. The van der Waals surface area contributed by atoms with E-state index in [1.807, 2.05) is 0 Å². The Morgan fingerprint density at radius 2 is 2.33 bits per heavy atom. The number of rotatable bonds is 0. The maximum absolute atomic E-state index is 3.33. The zero-order chi connectivity index (χ0) is 4.24. The Bertz CT molecular complexity index is 24.3. The maximum atomic E-state index is 3.33. The minimum atomic E-state index is 0.354. The quantitative estimate of drug-likeness (QED) is 0.180. The monoisotopic (exact) mass is 199 g/mol. The predicted octanol–water partition coefficient (Wildman–Crippen LogP) is -3.86. The van der Waals surface area contributed by atoms with Crippen LogP contribution in [0.3, 0.4) is 0 Å². The number of hydrogen-bond donors (Lipinski definition) is 2. The SMILES string of the molecule is C1CN[I-]CN1. The van der Waals surface area contributed by atoms with E-state index >= 15 is 0 Å². The van der Waals surface area contributed by atoms with Crippen molar-refractivity contribution in [2.75, 3.05) is 17.6 Å². The molecule has 6 heavy (non-hydrogen) atoms. The van der Waals surface area contributed by atoms with Gasteiger partial charge in [0, 0.05) is 0 Å². The standard InChI is InChI=1S/C3H8IN2/c1-2-6-4-3-5-1/h5-6H,1-3H2/q-1. The summed E-state index contributed by atoms with van der Waals surface area (Å²) in [6.07, 6.45) is 0. The summed E-state index contributed by atoms with van der Waals surface area (Å²) in [5.41, 5.74) is 0.